The van der Waals surface area contributed by atoms with Gasteiger partial charge in [-0.25, -0.2) is 0 Å². The van der Waals surface area contributed by atoms with Gasteiger partial charge in [0.2, 0.25) is 0 Å². The first-order valence-corrected chi connectivity index (χ1v) is 5.33. The summed E-state index contributed by atoms with van der Waals surface area (Å²) in [7, 11) is 0. The number of ketones is 1. The van der Waals surface area contributed by atoms with Crippen molar-refractivity contribution in [3.63, 3.8) is 0 Å². The van der Waals surface area contributed by atoms with Crippen molar-refractivity contribution in [3.05, 3.63) is 22.6 Å². The van der Waals surface area contributed by atoms with Crippen LogP contribution in [0.4, 0.5) is 0 Å². The Morgan fingerprint density at radius 1 is 1.62 bits per heavy atom. The molecule has 0 saturated heterocycles. The van der Waals surface area contributed by atoms with E-state index in [2.05, 4.69) is 15.9 Å². The first-order valence-electron chi connectivity index (χ1n) is 4.53. The fourth-order valence-electron chi connectivity index (χ4n) is 1.54. The quantitative estimate of drug-likeness (QED) is 0.761. The lowest BCUT2D eigenvalue weighted by Gasteiger charge is -2.23. The molecule has 0 atom stereocenters. The van der Waals surface area contributed by atoms with Crippen LogP contribution in [-0.2, 0) is 0 Å². The van der Waals surface area contributed by atoms with E-state index in [1.54, 1.807) is 6.07 Å². The van der Waals surface area contributed by atoms with E-state index in [0.29, 0.717) is 18.1 Å². The lowest BCUT2D eigenvalue weighted by molar-refractivity contribution is 0.0908. The van der Waals surface area contributed by atoms with Crippen LogP contribution < -0.4 is 0 Å². The van der Waals surface area contributed by atoms with Crippen LogP contribution in [0.1, 0.15) is 36.2 Å². The van der Waals surface area contributed by atoms with Crippen molar-refractivity contribution in [3.8, 4) is 0 Å². The predicted molar refractivity (Wildman–Crippen MR) is 52.7 cm³/mol. The smallest absolute Gasteiger partial charge is 0.199 e. The van der Waals surface area contributed by atoms with Crippen LogP contribution in [0.2, 0.25) is 0 Å². The normalized spacial score (nSPS) is 17.0. The Morgan fingerprint density at radius 2 is 2.38 bits per heavy atom. The van der Waals surface area contributed by atoms with E-state index in [-0.39, 0.29) is 5.78 Å². The van der Waals surface area contributed by atoms with Crippen LogP contribution in [0, 0.1) is 5.92 Å². The Kier molecular flexibility index (Phi) is 2.54. The van der Waals surface area contributed by atoms with Gasteiger partial charge in [0.1, 0.15) is 0 Å². The maximum absolute atomic E-state index is 11.6. The summed E-state index contributed by atoms with van der Waals surface area (Å²) in [5.74, 6) is 1.21. The minimum atomic E-state index is 0.126. The monoisotopic (exact) mass is 242 g/mol. The molecular weight excluding hydrogens is 232 g/mol. The van der Waals surface area contributed by atoms with E-state index < -0.39 is 0 Å². The molecule has 0 spiro atoms. The molecule has 1 saturated carbocycles. The minimum Gasteiger partial charge on any atom is -0.460 e. The van der Waals surface area contributed by atoms with Crippen molar-refractivity contribution in [2.45, 2.75) is 25.7 Å². The zero-order valence-electron chi connectivity index (χ0n) is 7.25. The second-order valence-electron chi connectivity index (χ2n) is 3.52. The topological polar surface area (TPSA) is 30.2 Å². The van der Waals surface area contributed by atoms with E-state index >= 15 is 0 Å². The van der Waals surface area contributed by atoms with Gasteiger partial charge in [-0.15, -0.1) is 0 Å². The van der Waals surface area contributed by atoms with E-state index in [1.165, 1.54) is 25.5 Å². The molecule has 0 bridgehead atoms. The third kappa shape index (κ3) is 1.85. The van der Waals surface area contributed by atoms with Gasteiger partial charge < -0.3 is 4.42 Å². The molecule has 1 aromatic heterocycles. The van der Waals surface area contributed by atoms with Gasteiger partial charge in [0.05, 0.1) is 10.7 Å². The Morgan fingerprint density at radius 3 is 2.85 bits per heavy atom. The molecule has 2 nitrogen and oxygen atoms in total. The molecule has 0 N–H and O–H groups in total. The Hall–Kier alpha value is -0.570. The number of carbonyl (C=O) groups is 1. The number of carbonyl (C=O) groups excluding carboxylic acids is 1. The Bertz CT molecular complexity index is 312. The summed E-state index contributed by atoms with van der Waals surface area (Å²) in [4.78, 5) is 11.6. The number of rotatable bonds is 3. The van der Waals surface area contributed by atoms with Crippen molar-refractivity contribution in [1.29, 1.82) is 0 Å². The number of furan rings is 1. The second kappa shape index (κ2) is 3.66. The van der Waals surface area contributed by atoms with Crippen molar-refractivity contribution in [2.24, 2.45) is 5.92 Å². The van der Waals surface area contributed by atoms with Gasteiger partial charge in [0.15, 0.2) is 11.5 Å². The summed E-state index contributed by atoms with van der Waals surface area (Å²) >= 11 is 3.28. The SMILES string of the molecule is O=C(CC1CCC1)c1occc1Br. The maximum Gasteiger partial charge on any atom is 0.199 e. The summed E-state index contributed by atoms with van der Waals surface area (Å²) < 4.78 is 5.87. The molecule has 0 aliphatic heterocycles. The van der Waals surface area contributed by atoms with E-state index in [4.69, 9.17) is 4.42 Å². The fraction of sp³-hybridized carbons (Fsp3) is 0.500. The Balaban J connectivity index is 2.00. The predicted octanol–water partition coefficient (Wildman–Crippen LogP) is 3.42. The van der Waals surface area contributed by atoms with E-state index in [0.717, 1.165) is 4.47 Å². The van der Waals surface area contributed by atoms with Gasteiger partial charge in [0.25, 0.3) is 0 Å². The molecule has 1 aliphatic carbocycles. The third-order valence-electron chi connectivity index (χ3n) is 2.57. The molecule has 1 aromatic rings. The van der Waals surface area contributed by atoms with Crippen molar-refractivity contribution in [1.82, 2.24) is 0 Å². The standard InChI is InChI=1S/C10H11BrO2/c11-8-4-5-13-10(8)9(12)6-7-2-1-3-7/h4-5,7H,1-3,6H2. The molecule has 2 rings (SSSR count). The maximum atomic E-state index is 11.6. The molecule has 0 amide bonds. The molecule has 0 unspecified atom stereocenters. The highest BCUT2D eigenvalue weighted by Crippen LogP contribution is 2.31. The lowest BCUT2D eigenvalue weighted by atomic mass is 9.81. The molecule has 0 aromatic carbocycles. The van der Waals surface area contributed by atoms with Crippen LogP contribution in [0.15, 0.2) is 21.2 Å². The summed E-state index contributed by atoms with van der Waals surface area (Å²) in [6.45, 7) is 0. The van der Waals surface area contributed by atoms with Crippen LogP contribution >= 0.6 is 15.9 Å². The number of hydrogen-bond donors (Lipinski definition) is 0. The average molecular weight is 243 g/mol. The van der Waals surface area contributed by atoms with Gasteiger partial charge in [0, 0.05) is 6.42 Å². The van der Waals surface area contributed by atoms with Crippen LogP contribution in [-0.4, -0.2) is 5.78 Å². The summed E-state index contributed by atoms with van der Waals surface area (Å²) in [5.41, 5.74) is 0. The molecule has 1 fully saturated rings. The zero-order valence-corrected chi connectivity index (χ0v) is 8.84. The average Bonchev–Trinajstić information content (AvgIpc) is 2.43. The second-order valence-corrected chi connectivity index (χ2v) is 4.38. The Labute approximate surface area is 85.4 Å². The molecule has 3 heteroatoms. The van der Waals surface area contributed by atoms with Crippen LogP contribution in [0.5, 0.6) is 0 Å². The van der Waals surface area contributed by atoms with E-state index in [9.17, 15) is 4.79 Å². The lowest BCUT2D eigenvalue weighted by Crippen LogP contribution is -2.15. The summed E-state index contributed by atoms with van der Waals surface area (Å²) in [6.07, 6.45) is 5.86. The molecule has 1 aliphatic rings. The van der Waals surface area contributed by atoms with Crippen molar-refractivity contribution in [2.75, 3.05) is 0 Å². The highest BCUT2D eigenvalue weighted by molar-refractivity contribution is 9.10. The summed E-state index contributed by atoms with van der Waals surface area (Å²) in [6, 6.07) is 1.76. The summed E-state index contributed by atoms with van der Waals surface area (Å²) in [5, 5.41) is 0. The number of Topliss-reactive ketones (excluding diaryl/α,β-unsaturated/α-hetero) is 1. The number of halogens is 1. The van der Waals surface area contributed by atoms with Gasteiger partial charge in [-0.3, -0.25) is 4.79 Å². The van der Waals surface area contributed by atoms with E-state index in [1.807, 2.05) is 0 Å². The first kappa shape index (κ1) is 9.00. The highest BCUT2D eigenvalue weighted by Gasteiger charge is 2.23. The van der Waals surface area contributed by atoms with Crippen molar-refractivity contribution < 1.29 is 9.21 Å². The largest absolute Gasteiger partial charge is 0.460 e. The molecule has 13 heavy (non-hydrogen) atoms. The zero-order chi connectivity index (χ0) is 9.26. The molecular formula is C10H11BrO2. The molecule has 1 heterocycles. The molecule has 0 radical (unpaired) electrons. The fourth-order valence-corrected chi connectivity index (χ4v) is 1.97. The van der Waals surface area contributed by atoms with Gasteiger partial charge in [-0.2, -0.15) is 0 Å². The van der Waals surface area contributed by atoms with Gasteiger partial charge >= 0.3 is 0 Å². The van der Waals surface area contributed by atoms with Crippen LogP contribution in [0.3, 0.4) is 0 Å². The van der Waals surface area contributed by atoms with Crippen LogP contribution in [0.25, 0.3) is 0 Å². The van der Waals surface area contributed by atoms with Crippen molar-refractivity contribution >= 4 is 21.7 Å². The number of hydrogen-bond acceptors (Lipinski definition) is 2. The molecule has 70 valence electrons. The van der Waals surface area contributed by atoms with Gasteiger partial charge in [-0.05, 0) is 40.8 Å². The van der Waals surface area contributed by atoms with Gasteiger partial charge in [-0.1, -0.05) is 6.42 Å². The third-order valence-corrected chi connectivity index (χ3v) is 3.19. The first-order chi connectivity index (χ1) is 6.27. The highest BCUT2D eigenvalue weighted by atomic mass is 79.9. The minimum absolute atomic E-state index is 0.126.